The molecule has 4 nitrogen and oxygen atoms in total. The van der Waals surface area contributed by atoms with Gasteiger partial charge in [0.2, 0.25) is 0 Å². The number of hydrogen-bond donors (Lipinski definition) is 0. The molecule has 0 amide bonds. The van der Waals surface area contributed by atoms with Crippen LogP contribution in [0.4, 0.5) is 8.78 Å². The maximum atomic E-state index is 12.1. The van der Waals surface area contributed by atoms with Crippen molar-refractivity contribution in [3.63, 3.8) is 0 Å². The van der Waals surface area contributed by atoms with Crippen LogP contribution in [0.3, 0.4) is 0 Å². The summed E-state index contributed by atoms with van der Waals surface area (Å²) in [6, 6.07) is 13.8. The molecule has 0 aromatic heterocycles. The summed E-state index contributed by atoms with van der Waals surface area (Å²) in [5.41, 5.74) is 2.47. The number of carbonyl (C=O) groups is 1. The molecule has 0 aliphatic heterocycles. The first kappa shape index (κ1) is 17.9. The number of benzene rings is 2. The maximum Gasteiger partial charge on any atom is 0.387 e. The largest absolute Gasteiger partial charge is 0.465 e. The van der Waals surface area contributed by atoms with E-state index in [1.165, 1.54) is 19.2 Å². The number of methoxy groups -OCH3 is 1. The quantitative estimate of drug-likeness (QED) is 0.723. The van der Waals surface area contributed by atoms with Crippen molar-refractivity contribution >= 4 is 5.97 Å². The van der Waals surface area contributed by atoms with Gasteiger partial charge in [-0.15, -0.1) is 0 Å². The number of esters is 1. The number of carbonyl (C=O) groups excluding carboxylic acids is 1. The van der Waals surface area contributed by atoms with Crippen molar-refractivity contribution in [2.24, 2.45) is 0 Å². The van der Waals surface area contributed by atoms with Crippen molar-refractivity contribution in [2.75, 3.05) is 14.2 Å². The lowest BCUT2D eigenvalue weighted by molar-refractivity contribution is -0.0498. The minimum Gasteiger partial charge on any atom is -0.465 e. The Hall–Kier alpha value is -2.47. The van der Waals surface area contributed by atoms with E-state index in [0.29, 0.717) is 18.7 Å². The third-order valence-electron chi connectivity index (χ3n) is 3.40. The molecule has 6 heteroatoms. The van der Waals surface area contributed by atoms with Crippen LogP contribution < -0.4 is 4.74 Å². The van der Waals surface area contributed by atoms with Gasteiger partial charge in [0, 0.05) is 13.1 Å². The molecule has 0 unspecified atom stereocenters. The molecule has 2 rings (SSSR count). The Labute approximate surface area is 139 Å². The van der Waals surface area contributed by atoms with E-state index in [0.717, 1.165) is 11.1 Å². The van der Waals surface area contributed by atoms with Crippen LogP contribution in [0.25, 0.3) is 0 Å². The van der Waals surface area contributed by atoms with Crippen molar-refractivity contribution in [1.29, 1.82) is 0 Å². The minimum absolute atomic E-state index is 0.141. The van der Waals surface area contributed by atoms with Crippen LogP contribution in [0.15, 0.2) is 48.5 Å². The van der Waals surface area contributed by atoms with E-state index in [-0.39, 0.29) is 11.7 Å². The van der Waals surface area contributed by atoms with Crippen LogP contribution in [-0.4, -0.2) is 31.6 Å². The van der Waals surface area contributed by atoms with E-state index in [9.17, 15) is 13.6 Å². The molecule has 24 heavy (non-hydrogen) atoms. The predicted octanol–water partition coefficient (Wildman–Crippen LogP) is 3.71. The summed E-state index contributed by atoms with van der Waals surface area (Å²) in [7, 11) is 3.29. The van der Waals surface area contributed by atoms with Crippen LogP contribution in [0.5, 0.6) is 5.75 Å². The molecule has 2 aromatic rings. The number of nitrogens with zero attached hydrogens (tertiary/aromatic N) is 1. The van der Waals surface area contributed by atoms with Gasteiger partial charge >= 0.3 is 12.6 Å². The first-order valence-electron chi connectivity index (χ1n) is 7.37. The van der Waals surface area contributed by atoms with E-state index >= 15 is 0 Å². The first-order chi connectivity index (χ1) is 11.5. The molecule has 0 aliphatic carbocycles. The highest BCUT2D eigenvalue weighted by atomic mass is 19.3. The Balaban J connectivity index is 1.95. The second-order valence-corrected chi connectivity index (χ2v) is 5.39. The zero-order valence-corrected chi connectivity index (χ0v) is 13.5. The van der Waals surface area contributed by atoms with Gasteiger partial charge in [0.15, 0.2) is 0 Å². The Morgan fingerprint density at radius 2 is 1.75 bits per heavy atom. The normalized spacial score (nSPS) is 10.9. The third-order valence-corrected chi connectivity index (χ3v) is 3.40. The third kappa shape index (κ3) is 5.31. The molecule has 2 aromatic carbocycles. The monoisotopic (exact) mass is 335 g/mol. The Kier molecular flexibility index (Phi) is 6.26. The average Bonchev–Trinajstić information content (AvgIpc) is 2.55. The van der Waals surface area contributed by atoms with Crippen molar-refractivity contribution in [3.05, 3.63) is 65.2 Å². The fraction of sp³-hybridized carbons (Fsp3) is 0.278. The van der Waals surface area contributed by atoms with Crippen molar-refractivity contribution in [3.8, 4) is 5.75 Å². The van der Waals surface area contributed by atoms with E-state index in [1.807, 2.05) is 19.2 Å². The molecule has 0 bridgehead atoms. The Bertz CT molecular complexity index is 674. The Morgan fingerprint density at radius 3 is 2.38 bits per heavy atom. The predicted molar refractivity (Wildman–Crippen MR) is 86.0 cm³/mol. The standard InChI is InChI=1S/C18H19F2NO3/c1-21(11-13-6-8-16(9-7-13)24-18(19)20)12-14-4-3-5-15(10-14)17(22)23-2/h3-10,18H,11-12H2,1-2H3. The van der Waals surface area contributed by atoms with Crippen molar-refractivity contribution in [2.45, 2.75) is 19.7 Å². The van der Waals surface area contributed by atoms with Gasteiger partial charge < -0.3 is 9.47 Å². The highest BCUT2D eigenvalue weighted by molar-refractivity contribution is 5.89. The second kappa shape index (κ2) is 8.40. The second-order valence-electron chi connectivity index (χ2n) is 5.39. The summed E-state index contributed by atoms with van der Waals surface area (Å²) in [6.45, 7) is -1.54. The van der Waals surface area contributed by atoms with Gasteiger partial charge in [0.25, 0.3) is 0 Å². The SMILES string of the molecule is COC(=O)c1cccc(CN(C)Cc2ccc(OC(F)F)cc2)c1. The lowest BCUT2D eigenvalue weighted by Crippen LogP contribution is -2.17. The Morgan fingerprint density at radius 1 is 1.08 bits per heavy atom. The summed E-state index contributed by atoms with van der Waals surface area (Å²) in [4.78, 5) is 13.6. The van der Waals surface area contributed by atoms with Crippen LogP contribution in [-0.2, 0) is 17.8 Å². The van der Waals surface area contributed by atoms with E-state index in [2.05, 4.69) is 9.64 Å². The summed E-state index contributed by atoms with van der Waals surface area (Å²) in [5, 5.41) is 0. The van der Waals surface area contributed by atoms with Gasteiger partial charge in [-0.25, -0.2) is 4.79 Å². The van der Waals surface area contributed by atoms with Crippen LogP contribution in [0.1, 0.15) is 21.5 Å². The molecule has 128 valence electrons. The fourth-order valence-electron chi connectivity index (χ4n) is 2.37. The van der Waals surface area contributed by atoms with Gasteiger partial charge in [-0.05, 0) is 42.4 Å². The molecular weight excluding hydrogens is 316 g/mol. The molecule has 0 radical (unpaired) electrons. The number of halogens is 2. The zero-order valence-electron chi connectivity index (χ0n) is 13.5. The van der Waals surface area contributed by atoms with E-state index in [4.69, 9.17) is 4.74 Å². The molecule has 0 atom stereocenters. The van der Waals surface area contributed by atoms with Crippen LogP contribution in [0, 0.1) is 0 Å². The molecule has 0 fully saturated rings. The van der Waals surface area contributed by atoms with E-state index in [1.54, 1.807) is 24.3 Å². The topological polar surface area (TPSA) is 38.8 Å². The molecular formula is C18H19F2NO3. The number of rotatable bonds is 7. The highest BCUT2D eigenvalue weighted by Crippen LogP contribution is 2.16. The minimum atomic E-state index is -2.82. The van der Waals surface area contributed by atoms with Crippen LogP contribution in [0.2, 0.25) is 0 Å². The molecule has 0 saturated carbocycles. The number of ether oxygens (including phenoxy) is 2. The van der Waals surface area contributed by atoms with Crippen molar-refractivity contribution in [1.82, 2.24) is 4.90 Å². The molecule has 0 heterocycles. The van der Waals surface area contributed by atoms with Gasteiger partial charge in [0.1, 0.15) is 5.75 Å². The smallest absolute Gasteiger partial charge is 0.387 e. The highest BCUT2D eigenvalue weighted by Gasteiger charge is 2.08. The summed E-state index contributed by atoms with van der Waals surface area (Å²) in [5.74, 6) is -0.226. The zero-order chi connectivity index (χ0) is 17.5. The summed E-state index contributed by atoms with van der Waals surface area (Å²) in [6.07, 6.45) is 0. The molecule has 0 aliphatic rings. The van der Waals surface area contributed by atoms with Crippen molar-refractivity contribution < 1.29 is 23.0 Å². The fourth-order valence-corrected chi connectivity index (χ4v) is 2.37. The van der Waals surface area contributed by atoms with Gasteiger partial charge in [-0.3, -0.25) is 4.90 Å². The van der Waals surface area contributed by atoms with E-state index < -0.39 is 6.61 Å². The van der Waals surface area contributed by atoms with Crippen LogP contribution >= 0.6 is 0 Å². The summed E-state index contributed by atoms with van der Waals surface area (Å²) >= 11 is 0. The molecule has 0 saturated heterocycles. The summed E-state index contributed by atoms with van der Waals surface area (Å²) < 4.78 is 33.3. The first-order valence-corrected chi connectivity index (χ1v) is 7.37. The van der Waals surface area contributed by atoms with Gasteiger partial charge in [0.05, 0.1) is 12.7 Å². The lowest BCUT2D eigenvalue weighted by Gasteiger charge is -2.17. The maximum absolute atomic E-state index is 12.1. The molecule has 0 spiro atoms. The average molecular weight is 335 g/mol. The lowest BCUT2D eigenvalue weighted by atomic mass is 10.1. The number of alkyl halides is 2. The molecule has 0 N–H and O–H groups in total. The van der Waals surface area contributed by atoms with Gasteiger partial charge in [-0.1, -0.05) is 24.3 Å². The number of hydrogen-bond acceptors (Lipinski definition) is 4. The van der Waals surface area contributed by atoms with Gasteiger partial charge in [-0.2, -0.15) is 8.78 Å².